The number of carbonyl (C=O) groups is 2. The molecule has 0 radical (unpaired) electrons. The molecule has 0 saturated carbocycles. The van der Waals surface area contributed by atoms with E-state index in [0.29, 0.717) is 10.0 Å². The van der Waals surface area contributed by atoms with E-state index in [4.69, 9.17) is 65.4 Å². The van der Waals surface area contributed by atoms with Crippen LogP contribution >= 0.6 is 46.4 Å². The summed E-state index contributed by atoms with van der Waals surface area (Å²) in [4.78, 5) is 27.7. The van der Waals surface area contributed by atoms with Gasteiger partial charge in [0.05, 0.1) is 34.3 Å². The second-order valence-electron chi connectivity index (χ2n) is 9.02. The van der Waals surface area contributed by atoms with Gasteiger partial charge in [-0.2, -0.15) is 0 Å². The van der Waals surface area contributed by atoms with E-state index in [1.54, 1.807) is 12.1 Å². The smallest absolute Gasteiger partial charge is 0.342 e. The van der Waals surface area contributed by atoms with Crippen molar-refractivity contribution < 1.29 is 28.5 Å². The van der Waals surface area contributed by atoms with Crippen LogP contribution in [0.5, 0.6) is 0 Å². The predicted molar refractivity (Wildman–Crippen MR) is 158 cm³/mol. The standard InChI is InChI=1S/C29H29Cl4NO6/c1-16-10-18(3)25(11-17(16)2)34(14-26(37-4)39-28(35)21-12-19(30)6-8-23(21)32)15-27(38-5)40-29(36)22-13-20(31)7-9-24(22)33/h6-13,26-27H,14-15H2,1-5H3. The summed E-state index contributed by atoms with van der Waals surface area (Å²) in [6.45, 7) is 6.09. The lowest BCUT2D eigenvalue weighted by Gasteiger charge is -2.32. The number of esters is 2. The van der Waals surface area contributed by atoms with Crippen molar-refractivity contribution in [3.63, 3.8) is 0 Å². The van der Waals surface area contributed by atoms with Crippen molar-refractivity contribution in [1.29, 1.82) is 0 Å². The van der Waals surface area contributed by atoms with Gasteiger partial charge in [0, 0.05) is 30.0 Å². The minimum absolute atomic E-state index is 0.0685. The molecule has 0 aliphatic carbocycles. The first-order valence-electron chi connectivity index (χ1n) is 12.1. The summed E-state index contributed by atoms with van der Waals surface area (Å²) in [7, 11) is 2.83. The maximum absolute atomic E-state index is 12.9. The first kappa shape index (κ1) is 32.0. The number of nitrogens with zero attached hydrogens (tertiary/aromatic N) is 1. The van der Waals surface area contributed by atoms with Crippen LogP contribution in [-0.2, 0) is 18.9 Å². The molecular weight excluding hydrogens is 600 g/mol. The fourth-order valence-electron chi connectivity index (χ4n) is 3.91. The molecule has 0 fully saturated rings. The number of hydrogen-bond acceptors (Lipinski definition) is 7. The van der Waals surface area contributed by atoms with Gasteiger partial charge in [-0.1, -0.05) is 52.5 Å². The van der Waals surface area contributed by atoms with Gasteiger partial charge in [-0.3, -0.25) is 0 Å². The average Bonchev–Trinajstić information content (AvgIpc) is 2.91. The molecule has 0 aliphatic rings. The van der Waals surface area contributed by atoms with Crippen LogP contribution < -0.4 is 4.90 Å². The summed E-state index contributed by atoms with van der Waals surface area (Å²) < 4.78 is 22.3. The van der Waals surface area contributed by atoms with E-state index in [-0.39, 0.29) is 34.3 Å². The van der Waals surface area contributed by atoms with Gasteiger partial charge in [-0.05, 0) is 79.9 Å². The Kier molecular flexibility index (Phi) is 11.5. The predicted octanol–water partition coefficient (Wildman–Crippen LogP) is 7.69. The van der Waals surface area contributed by atoms with Crippen molar-refractivity contribution in [3.05, 3.63) is 96.4 Å². The second-order valence-corrected chi connectivity index (χ2v) is 10.7. The molecule has 0 amide bonds. The van der Waals surface area contributed by atoms with E-state index in [9.17, 15) is 9.59 Å². The zero-order valence-electron chi connectivity index (χ0n) is 22.6. The highest BCUT2D eigenvalue weighted by Gasteiger charge is 2.27. The first-order valence-corrected chi connectivity index (χ1v) is 13.6. The minimum Gasteiger partial charge on any atom is -0.430 e. The number of benzene rings is 3. The van der Waals surface area contributed by atoms with Gasteiger partial charge in [0.15, 0.2) is 0 Å². The van der Waals surface area contributed by atoms with Crippen molar-refractivity contribution >= 4 is 64.0 Å². The van der Waals surface area contributed by atoms with E-state index >= 15 is 0 Å². The van der Waals surface area contributed by atoms with Gasteiger partial charge in [-0.15, -0.1) is 0 Å². The van der Waals surface area contributed by atoms with E-state index in [1.165, 1.54) is 38.5 Å². The normalized spacial score (nSPS) is 12.5. The Morgan fingerprint density at radius 2 is 1.10 bits per heavy atom. The third-order valence-electron chi connectivity index (χ3n) is 6.19. The summed E-state index contributed by atoms with van der Waals surface area (Å²) in [5.74, 6) is -1.41. The Bertz CT molecular complexity index is 1310. The SMILES string of the molecule is COC(CN(CC(OC)OC(=O)c1cc(Cl)ccc1Cl)c1cc(C)c(C)cc1C)OC(=O)c1cc(Cl)ccc1Cl. The summed E-state index contributed by atoms with van der Waals surface area (Å²) in [6, 6.07) is 13.0. The van der Waals surface area contributed by atoms with Crippen molar-refractivity contribution in [2.75, 3.05) is 32.2 Å². The molecule has 0 heterocycles. The monoisotopic (exact) mass is 627 g/mol. The topological polar surface area (TPSA) is 74.3 Å². The Morgan fingerprint density at radius 3 is 1.52 bits per heavy atom. The maximum Gasteiger partial charge on any atom is 0.342 e. The van der Waals surface area contributed by atoms with Crippen molar-refractivity contribution in [3.8, 4) is 0 Å². The van der Waals surface area contributed by atoms with Gasteiger partial charge in [0.1, 0.15) is 0 Å². The molecule has 0 spiro atoms. The molecule has 0 bridgehead atoms. The third-order valence-corrected chi connectivity index (χ3v) is 7.32. The number of methoxy groups -OCH3 is 2. The summed E-state index contributed by atoms with van der Waals surface area (Å²) in [5, 5.41) is 1.05. The van der Waals surface area contributed by atoms with Crippen LogP contribution in [0.15, 0.2) is 48.5 Å². The van der Waals surface area contributed by atoms with Crippen LogP contribution in [-0.4, -0.2) is 51.8 Å². The quantitative estimate of drug-likeness (QED) is 0.159. The van der Waals surface area contributed by atoms with Crippen LogP contribution in [0.25, 0.3) is 0 Å². The number of rotatable bonds is 11. The van der Waals surface area contributed by atoms with E-state index in [0.717, 1.165) is 22.4 Å². The van der Waals surface area contributed by atoms with E-state index in [1.807, 2.05) is 37.8 Å². The van der Waals surface area contributed by atoms with Crippen LogP contribution in [0.4, 0.5) is 5.69 Å². The van der Waals surface area contributed by atoms with Crippen molar-refractivity contribution in [2.24, 2.45) is 0 Å². The lowest BCUT2D eigenvalue weighted by molar-refractivity contribution is -0.0951. The molecular formula is C29H29Cl4NO6. The molecule has 3 aromatic rings. The van der Waals surface area contributed by atoms with Crippen molar-refractivity contribution in [2.45, 2.75) is 33.4 Å². The molecule has 7 nitrogen and oxygen atoms in total. The Balaban J connectivity index is 1.88. The van der Waals surface area contributed by atoms with Crippen LogP contribution in [0.3, 0.4) is 0 Å². The molecule has 2 atom stereocenters. The highest BCUT2D eigenvalue weighted by Crippen LogP contribution is 2.27. The minimum atomic E-state index is -1.03. The highest BCUT2D eigenvalue weighted by molar-refractivity contribution is 6.36. The van der Waals surface area contributed by atoms with E-state index < -0.39 is 24.5 Å². The summed E-state index contributed by atoms with van der Waals surface area (Å²) in [5.41, 5.74) is 4.11. The number of aryl methyl sites for hydroxylation is 3. The molecule has 0 saturated heterocycles. The molecule has 214 valence electrons. The fraction of sp³-hybridized carbons (Fsp3) is 0.310. The Labute approximate surface area is 253 Å². The Morgan fingerprint density at radius 1 is 0.675 bits per heavy atom. The van der Waals surface area contributed by atoms with Crippen molar-refractivity contribution in [1.82, 2.24) is 0 Å². The number of halogens is 4. The highest BCUT2D eigenvalue weighted by atomic mass is 35.5. The number of hydrogen-bond donors (Lipinski definition) is 0. The molecule has 3 aromatic carbocycles. The zero-order valence-corrected chi connectivity index (χ0v) is 25.6. The number of anilines is 1. The number of ether oxygens (including phenoxy) is 4. The fourth-order valence-corrected chi connectivity index (χ4v) is 4.64. The molecule has 3 rings (SSSR count). The van der Waals surface area contributed by atoms with Crippen LogP contribution in [0.1, 0.15) is 37.4 Å². The van der Waals surface area contributed by atoms with Gasteiger partial charge in [0.2, 0.25) is 12.6 Å². The first-order chi connectivity index (χ1) is 18.9. The molecule has 0 aliphatic heterocycles. The average molecular weight is 629 g/mol. The molecule has 0 N–H and O–H groups in total. The zero-order chi connectivity index (χ0) is 29.6. The Hall–Kier alpha value is -2.52. The largest absolute Gasteiger partial charge is 0.430 e. The summed E-state index contributed by atoms with van der Waals surface area (Å²) in [6.07, 6.45) is -2.06. The van der Waals surface area contributed by atoms with Gasteiger partial charge in [-0.25, -0.2) is 9.59 Å². The van der Waals surface area contributed by atoms with Crippen LogP contribution in [0, 0.1) is 20.8 Å². The van der Waals surface area contributed by atoms with Gasteiger partial charge >= 0.3 is 11.9 Å². The lowest BCUT2D eigenvalue weighted by atomic mass is 10.0. The lowest BCUT2D eigenvalue weighted by Crippen LogP contribution is -2.42. The van der Waals surface area contributed by atoms with Crippen LogP contribution in [0.2, 0.25) is 20.1 Å². The van der Waals surface area contributed by atoms with E-state index in [2.05, 4.69) is 0 Å². The third kappa shape index (κ3) is 8.26. The molecule has 0 aromatic heterocycles. The molecule has 40 heavy (non-hydrogen) atoms. The maximum atomic E-state index is 12.9. The molecule has 11 heteroatoms. The van der Waals surface area contributed by atoms with Gasteiger partial charge in [0.25, 0.3) is 0 Å². The second kappa shape index (κ2) is 14.4. The summed E-state index contributed by atoms with van der Waals surface area (Å²) >= 11 is 24.5. The van der Waals surface area contributed by atoms with Gasteiger partial charge < -0.3 is 23.8 Å². The molecule has 2 unspecified atom stereocenters. The number of carbonyl (C=O) groups excluding carboxylic acids is 2.